The van der Waals surface area contributed by atoms with Crippen molar-refractivity contribution in [3.63, 3.8) is 0 Å². The molecule has 0 saturated carbocycles. The molecular weight excluding hydrogens is 328 g/mol. The Labute approximate surface area is 171 Å². The van der Waals surface area contributed by atoms with Crippen LogP contribution in [-0.2, 0) is 0 Å². The summed E-state index contributed by atoms with van der Waals surface area (Å²) in [5.41, 5.74) is 0.119. The third kappa shape index (κ3) is 9.99. The summed E-state index contributed by atoms with van der Waals surface area (Å²) < 4.78 is 0. The summed E-state index contributed by atoms with van der Waals surface area (Å²) in [5.74, 6) is 2.45. The lowest BCUT2D eigenvalue weighted by molar-refractivity contribution is 0.329. The van der Waals surface area contributed by atoms with Gasteiger partial charge in [0.2, 0.25) is 0 Å². The molecule has 0 spiro atoms. The number of amidine groups is 1. The first-order valence-corrected chi connectivity index (χ1v) is 12.2. The molecule has 1 heterocycles. The van der Waals surface area contributed by atoms with E-state index in [0.29, 0.717) is 17.9 Å². The van der Waals surface area contributed by atoms with E-state index >= 15 is 0 Å². The van der Waals surface area contributed by atoms with Crippen LogP contribution in [0.25, 0.3) is 0 Å². The van der Waals surface area contributed by atoms with E-state index in [-0.39, 0.29) is 5.54 Å². The van der Waals surface area contributed by atoms with E-state index < -0.39 is 0 Å². The maximum absolute atomic E-state index is 5.03. The minimum Gasteiger partial charge on any atom is -0.367 e. The molecule has 27 heavy (non-hydrogen) atoms. The molecule has 0 aromatic heterocycles. The Morgan fingerprint density at radius 3 is 1.63 bits per heavy atom. The fraction of sp³-hybridized carbons (Fsp3) is 0.960. The number of hydrogen-bond donors (Lipinski definition) is 1. The lowest BCUT2D eigenvalue weighted by Gasteiger charge is -2.29. The predicted molar refractivity (Wildman–Crippen MR) is 123 cm³/mol. The Morgan fingerprint density at radius 2 is 1.22 bits per heavy atom. The van der Waals surface area contributed by atoms with Gasteiger partial charge in [-0.1, -0.05) is 111 Å². The maximum atomic E-state index is 5.03. The highest BCUT2D eigenvalue weighted by Crippen LogP contribution is 2.28. The van der Waals surface area contributed by atoms with E-state index in [2.05, 4.69) is 46.9 Å². The van der Waals surface area contributed by atoms with Crippen LogP contribution in [0.3, 0.4) is 0 Å². The summed E-state index contributed by atoms with van der Waals surface area (Å²) in [4.78, 5) is 5.03. The molecule has 1 aliphatic heterocycles. The van der Waals surface area contributed by atoms with Crippen molar-refractivity contribution in [1.29, 1.82) is 0 Å². The lowest BCUT2D eigenvalue weighted by Crippen LogP contribution is -2.47. The van der Waals surface area contributed by atoms with Crippen molar-refractivity contribution in [1.82, 2.24) is 5.32 Å². The van der Waals surface area contributed by atoms with E-state index in [1.54, 1.807) is 0 Å². The van der Waals surface area contributed by atoms with Gasteiger partial charge in [-0.15, -0.1) is 0 Å². The first kappa shape index (κ1) is 24.5. The van der Waals surface area contributed by atoms with Crippen LogP contribution >= 0.6 is 0 Å². The highest BCUT2D eigenvalue weighted by atomic mass is 15.2. The Kier molecular flexibility index (Phi) is 12.4. The second-order valence-corrected chi connectivity index (χ2v) is 9.98. The highest BCUT2D eigenvalue weighted by Gasteiger charge is 2.38. The van der Waals surface area contributed by atoms with Crippen LogP contribution < -0.4 is 5.32 Å². The number of hydrogen-bond acceptors (Lipinski definition) is 2. The lowest BCUT2D eigenvalue weighted by atomic mass is 9.88. The van der Waals surface area contributed by atoms with Gasteiger partial charge in [0.15, 0.2) is 0 Å². The van der Waals surface area contributed by atoms with Gasteiger partial charge in [-0.05, 0) is 26.2 Å². The molecule has 0 aromatic carbocycles. The normalized spacial score (nSPS) is 20.0. The molecule has 0 amide bonds. The van der Waals surface area contributed by atoms with Crippen molar-refractivity contribution < 1.29 is 0 Å². The zero-order valence-corrected chi connectivity index (χ0v) is 19.6. The van der Waals surface area contributed by atoms with Gasteiger partial charge in [0, 0.05) is 5.92 Å². The molecule has 2 heteroatoms. The van der Waals surface area contributed by atoms with Crippen LogP contribution in [0, 0.1) is 11.8 Å². The first-order chi connectivity index (χ1) is 12.9. The quantitative estimate of drug-likeness (QED) is 0.271. The van der Waals surface area contributed by atoms with E-state index in [1.165, 1.54) is 95.7 Å². The van der Waals surface area contributed by atoms with Gasteiger partial charge in [-0.25, -0.2) is 0 Å². The van der Waals surface area contributed by atoms with Gasteiger partial charge in [0.1, 0.15) is 5.84 Å². The Bertz CT molecular complexity index is 397. The van der Waals surface area contributed by atoms with Crippen LogP contribution in [-0.4, -0.2) is 17.4 Å². The second kappa shape index (κ2) is 13.6. The summed E-state index contributed by atoms with van der Waals surface area (Å²) in [7, 11) is 0. The molecule has 1 N–H and O–H groups in total. The van der Waals surface area contributed by atoms with E-state index in [9.17, 15) is 0 Å². The van der Waals surface area contributed by atoms with Gasteiger partial charge in [0.05, 0.1) is 11.6 Å². The number of nitrogens with one attached hydrogen (secondary N) is 1. The fourth-order valence-electron chi connectivity index (χ4n) is 4.59. The maximum Gasteiger partial charge on any atom is 0.100 e. The third-order valence-electron chi connectivity index (χ3n) is 6.31. The number of aliphatic imine (C=N–C) groups is 1. The van der Waals surface area contributed by atoms with Crippen molar-refractivity contribution in [2.45, 2.75) is 143 Å². The third-order valence-corrected chi connectivity index (χ3v) is 6.31. The van der Waals surface area contributed by atoms with Gasteiger partial charge in [0.25, 0.3) is 0 Å². The van der Waals surface area contributed by atoms with Gasteiger partial charge in [-0.2, -0.15) is 0 Å². The summed E-state index contributed by atoms with van der Waals surface area (Å²) in [6.07, 6.45) is 19.9. The first-order valence-electron chi connectivity index (χ1n) is 12.2. The zero-order chi connectivity index (χ0) is 20.1. The predicted octanol–water partition coefficient (Wildman–Crippen LogP) is 7.91. The SMILES string of the molecule is CCCCCCCCCCCCCCCC(C)C1=NC(C(C)C)C(C)(C)N1. The Balaban J connectivity index is 1.99. The van der Waals surface area contributed by atoms with Crippen molar-refractivity contribution in [2.75, 3.05) is 0 Å². The molecular formula is C25H50N2. The molecule has 2 nitrogen and oxygen atoms in total. The minimum atomic E-state index is 0.119. The number of unbranched alkanes of at least 4 members (excludes halogenated alkanes) is 12. The summed E-state index contributed by atoms with van der Waals surface area (Å²) in [5, 5.41) is 3.71. The molecule has 2 atom stereocenters. The fourth-order valence-corrected chi connectivity index (χ4v) is 4.59. The molecule has 160 valence electrons. The molecule has 0 fully saturated rings. The molecule has 2 unspecified atom stereocenters. The average Bonchev–Trinajstić information content (AvgIpc) is 2.94. The Hall–Kier alpha value is -0.530. The van der Waals surface area contributed by atoms with Gasteiger partial charge in [-0.3, -0.25) is 4.99 Å². The monoisotopic (exact) mass is 378 g/mol. The molecule has 1 aliphatic rings. The topological polar surface area (TPSA) is 24.4 Å². The van der Waals surface area contributed by atoms with Gasteiger partial charge < -0.3 is 5.32 Å². The van der Waals surface area contributed by atoms with E-state index in [1.807, 2.05) is 0 Å². The largest absolute Gasteiger partial charge is 0.367 e. The molecule has 0 aliphatic carbocycles. The average molecular weight is 379 g/mol. The minimum absolute atomic E-state index is 0.119. The Morgan fingerprint density at radius 1 is 0.778 bits per heavy atom. The highest BCUT2D eigenvalue weighted by molar-refractivity contribution is 5.87. The molecule has 0 radical (unpaired) electrons. The van der Waals surface area contributed by atoms with Crippen LogP contribution in [0.5, 0.6) is 0 Å². The molecule has 1 rings (SSSR count). The zero-order valence-electron chi connectivity index (χ0n) is 19.6. The van der Waals surface area contributed by atoms with Crippen molar-refractivity contribution in [3.8, 4) is 0 Å². The summed E-state index contributed by atoms with van der Waals surface area (Å²) in [6.45, 7) is 13.8. The van der Waals surface area contributed by atoms with Crippen molar-refractivity contribution in [2.24, 2.45) is 16.8 Å². The summed E-state index contributed by atoms with van der Waals surface area (Å²) in [6, 6.07) is 0.418. The van der Waals surface area contributed by atoms with E-state index in [0.717, 1.165) is 0 Å². The molecule has 0 aromatic rings. The second-order valence-electron chi connectivity index (χ2n) is 9.98. The van der Waals surface area contributed by atoms with Crippen LogP contribution in [0.1, 0.15) is 131 Å². The standard InChI is InChI=1S/C25H50N2/c1-7-8-9-10-11-12-13-14-15-16-17-18-19-20-22(4)24-26-23(21(2)3)25(5,6)27-24/h21-23H,7-20H2,1-6H3,(H,26,27). The van der Waals surface area contributed by atoms with Crippen LogP contribution in [0.2, 0.25) is 0 Å². The summed E-state index contributed by atoms with van der Waals surface area (Å²) >= 11 is 0. The van der Waals surface area contributed by atoms with Crippen molar-refractivity contribution in [3.05, 3.63) is 0 Å². The van der Waals surface area contributed by atoms with Crippen LogP contribution in [0.4, 0.5) is 0 Å². The van der Waals surface area contributed by atoms with E-state index in [4.69, 9.17) is 4.99 Å². The molecule has 0 saturated heterocycles. The van der Waals surface area contributed by atoms with Crippen molar-refractivity contribution >= 4 is 5.84 Å². The number of nitrogens with zero attached hydrogens (tertiary/aromatic N) is 1. The molecule has 0 bridgehead atoms. The van der Waals surface area contributed by atoms with Crippen LogP contribution in [0.15, 0.2) is 4.99 Å². The smallest absolute Gasteiger partial charge is 0.100 e. The van der Waals surface area contributed by atoms with Gasteiger partial charge >= 0.3 is 0 Å². The number of rotatable bonds is 16.